The van der Waals surface area contributed by atoms with E-state index in [-0.39, 0.29) is 17.8 Å². The molecule has 1 aliphatic heterocycles. The van der Waals surface area contributed by atoms with Gasteiger partial charge in [0, 0.05) is 24.8 Å². The number of nitrogens with zero attached hydrogens (tertiary/aromatic N) is 6. The van der Waals surface area contributed by atoms with Crippen LogP contribution in [0.15, 0.2) is 54.2 Å². The van der Waals surface area contributed by atoms with Gasteiger partial charge in [0.15, 0.2) is 0 Å². The summed E-state index contributed by atoms with van der Waals surface area (Å²) in [6, 6.07) is 10.3. The zero-order chi connectivity index (χ0) is 24.5. The highest BCUT2D eigenvalue weighted by molar-refractivity contribution is 7.13. The molecule has 9 heteroatoms. The summed E-state index contributed by atoms with van der Waals surface area (Å²) in [4.78, 5) is 28.0. The van der Waals surface area contributed by atoms with E-state index in [0.717, 1.165) is 41.9 Å². The zero-order valence-corrected chi connectivity index (χ0v) is 20.8. The summed E-state index contributed by atoms with van der Waals surface area (Å²) >= 11 is 1.54. The highest BCUT2D eigenvalue weighted by Gasteiger charge is 2.29. The number of carbonyl (C=O) groups excluding carboxylic acids is 1. The third-order valence-corrected chi connectivity index (χ3v) is 7.45. The maximum atomic E-state index is 13.6. The van der Waals surface area contributed by atoms with E-state index < -0.39 is 0 Å². The van der Waals surface area contributed by atoms with Crippen molar-refractivity contribution in [3.63, 3.8) is 0 Å². The zero-order valence-electron chi connectivity index (χ0n) is 20.0. The van der Waals surface area contributed by atoms with Gasteiger partial charge in [-0.1, -0.05) is 6.07 Å². The standard InChI is InChI=1S/C26H27FN6OS/c1-17-15-28-26(30-23(17)18-6-8-19(27)9-7-18)33-24(22-5-4-14-35-22)21(16-29-33)25(34)32(3)20-10-12-31(2)13-11-20/h4-9,14-16,20H,10-13H2,1-3H3. The molecule has 1 saturated heterocycles. The van der Waals surface area contributed by atoms with Crippen LogP contribution in [0.25, 0.3) is 27.8 Å². The molecule has 7 nitrogen and oxygen atoms in total. The Morgan fingerprint density at radius 2 is 1.89 bits per heavy atom. The van der Waals surface area contributed by atoms with Crippen molar-refractivity contribution in [2.24, 2.45) is 0 Å². The molecular formula is C26H27FN6OS. The summed E-state index contributed by atoms with van der Waals surface area (Å²) in [6.07, 6.45) is 5.24. The summed E-state index contributed by atoms with van der Waals surface area (Å²) in [5.41, 5.74) is 3.55. The molecule has 4 aromatic rings. The average Bonchev–Trinajstić information content (AvgIpc) is 3.55. The minimum atomic E-state index is -0.301. The van der Waals surface area contributed by atoms with Crippen LogP contribution in [0.4, 0.5) is 4.39 Å². The second kappa shape index (κ2) is 9.67. The molecule has 0 N–H and O–H groups in total. The first-order chi connectivity index (χ1) is 16.9. The molecule has 0 atom stereocenters. The number of likely N-dealkylation sites (tertiary alicyclic amines) is 1. The Bertz CT molecular complexity index is 1330. The predicted octanol–water partition coefficient (Wildman–Crippen LogP) is 4.67. The van der Waals surface area contributed by atoms with Gasteiger partial charge in [-0.25, -0.2) is 14.4 Å². The van der Waals surface area contributed by atoms with Crippen LogP contribution in [-0.2, 0) is 0 Å². The van der Waals surface area contributed by atoms with Crippen LogP contribution in [0.1, 0.15) is 28.8 Å². The molecule has 5 rings (SSSR count). The first-order valence-electron chi connectivity index (χ1n) is 11.6. The Kier molecular flexibility index (Phi) is 6.44. The number of halogens is 1. The Hall–Kier alpha value is -3.43. The molecule has 3 aromatic heterocycles. The molecule has 1 aliphatic rings. The molecule has 1 aromatic carbocycles. The second-order valence-corrected chi connectivity index (χ2v) is 9.90. The van der Waals surface area contributed by atoms with Crippen molar-refractivity contribution in [1.82, 2.24) is 29.5 Å². The molecule has 0 radical (unpaired) electrons. The molecule has 1 fully saturated rings. The van der Waals surface area contributed by atoms with Crippen molar-refractivity contribution in [3.05, 3.63) is 71.1 Å². The summed E-state index contributed by atoms with van der Waals surface area (Å²) in [5.74, 6) is 0.00372. The van der Waals surface area contributed by atoms with Gasteiger partial charge < -0.3 is 9.80 Å². The van der Waals surface area contributed by atoms with Crippen molar-refractivity contribution in [2.45, 2.75) is 25.8 Å². The van der Waals surface area contributed by atoms with E-state index >= 15 is 0 Å². The normalized spacial score (nSPS) is 14.9. The number of carbonyl (C=O) groups is 1. The van der Waals surface area contributed by atoms with E-state index in [1.807, 2.05) is 36.4 Å². The molecule has 0 spiro atoms. The number of hydrogen-bond donors (Lipinski definition) is 0. The van der Waals surface area contributed by atoms with Gasteiger partial charge in [0.1, 0.15) is 11.5 Å². The third-order valence-electron chi connectivity index (χ3n) is 6.58. The van der Waals surface area contributed by atoms with Crippen molar-refractivity contribution in [3.8, 4) is 27.8 Å². The summed E-state index contributed by atoms with van der Waals surface area (Å²) < 4.78 is 15.1. The maximum absolute atomic E-state index is 13.6. The van der Waals surface area contributed by atoms with E-state index in [0.29, 0.717) is 22.9 Å². The van der Waals surface area contributed by atoms with E-state index in [1.165, 1.54) is 23.5 Å². The fraction of sp³-hybridized carbons (Fsp3) is 0.308. The van der Waals surface area contributed by atoms with Gasteiger partial charge in [-0.15, -0.1) is 11.3 Å². The van der Waals surface area contributed by atoms with Crippen molar-refractivity contribution in [2.75, 3.05) is 27.2 Å². The Balaban J connectivity index is 1.55. The molecular weight excluding hydrogens is 463 g/mol. The van der Waals surface area contributed by atoms with Crippen LogP contribution in [0, 0.1) is 12.7 Å². The monoisotopic (exact) mass is 490 g/mol. The molecule has 180 valence electrons. The van der Waals surface area contributed by atoms with Crippen LogP contribution in [0.5, 0.6) is 0 Å². The molecule has 35 heavy (non-hydrogen) atoms. The summed E-state index contributed by atoms with van der Waals surface area (Å²) in [5, 5.41) is 6.54. The number of thiophene rings is 1. The smallest absolute Gasteiger partial charge is 0.257 e. The molecule has 4 heterocycles. The number of piperidine rings is 1. The van der Waals surface area contributed by atoms with Crippen LogP contribution >= 0.6 is 11.3 Å². The number of benzene rings is 1. The SMILES string of the molecule is Cc1cnc(-n2ncc(C(=O)N(C)C3CCN(C)CC3)c2-c2cccs2)nc1-c1ccc(F)cc1. The van der Waals surface area contributed by atoms with Crippen LogP contribution < -0.4 is 0 Å². The van der Waals surface area contributed by atoms with Gasteiger partial charge in [-0.2, -0.15) is 9.78 Å². The van der Waals surface area contributed by atoms with Crippen molar-refractivity contribution >= 4 is 17.2 Å². The van der Waals surface area contributed by atoms with Gasteiger partial charge in [0.05, 0.1) is 22.3 Å². The summed E-state index contributed by atoms with van der Waals surface area (Å²) in [6.45, 7) is 3.86. The van der Waals surface area contributed by atoms with Crippen LogP contribution in [0.3, 0.4) is 0 Å². The highest BCUT2D eigenvalue weighted by Crippen LogP contribution is 2.32. The van der Waals surface area contributed by atoms with Crippen molar-refractivity contribution in [1.29, 1.82) is 0 Å². The van der Waals surface area contributed by atoms with E-state index in [4.69, 9.17) is 4.98 Å². The Morgan fingerprint density at radius 1 is 1.14 bits per heavy atom. The van der Waals surface area contributed by atoms with Gasteiger partial charge in [0.2, 0.25) is 0 Å². The summed E-state index contributed by atoms with van der Waals surface area (Å²) in [7, 11) is 3.99. The number of rotatable bonds is 5. The van der Waals surface area contributed by atoms with Gasteiger partial charge in [-0.05, 0) is 81.2 Å². The largest absolute Gasteiger partial charge is 0.339 e. The minimum absolute atomic E-state index is 0.0555. The Labute approximate surface area is 207 Å². The van der Waals surface area contributed by atoms with Crippen LogP contribution in [-0.4, -0.2) is 68.7 Å². The molecule has 0 bridgehead atoms. The topological polar surface area (TPSA) is 67.2 Å². The highest BCUT2D eigenvalue weighted by atomic mass is 32.1. The number of aromatic nitrogens is 4. The fourth-order valence-corrected chi connectivity index (χ4v) is 5.25. The quantitative estimate of drug-likeness (QED) is 0.407. The lowest BCUT2D eigenvalue weighted by Crippen LogP contribution is -2.44. The molecule has 0 unspecified atom stereocenters. The second-order valence-electron chi connectivity index (χ2n) is 8.95. The van der Waals surface area contributed by atoms with Gasteiger partial charge >= 0.3 is 0 Å². The minimum Gasteiger partial charge on any atom is -0.339 e. The molecule has 0 aliphatic carbocycles. The lowest BCUT2D eigenvalue weighted by atomic mass is 10.0. The third kappa shape index (κ3) is 4.61. The maximum Gasteiger partial charge on any atom is 0.257 e. The van der Waals surface area contributed by atoms with Crippen molar-refractivity contribution < 1.29 is 9.18 Å². The van der Waals surface area contributed by atoms with E-state index in [2.05, 4.69) is 22.0 Å². The lowest BCUT2D eigenvalue weighted by molar-refractivity contribution is 0.0660. The first kappa shape index (κ1) is 23.3. The lowest BCUT2D eigenvalue weighted by Gasteiger charge is -2.35. The Morgan fingerprint density at radius 3 is 2.57 bits per heavy atom. The fourth-order valence-electron chi connectivity index (χ4n) is 4.48. The molecule has 1 amide bonds. The van der Waals surface area contributed by atoms with E-state index in [9.17, 15) is 9.18 Å². The number of hydrogen-bond acceptors (Lipinski definition) is 6. The average molecular weight is 491 g/mol. The van der Waals surface area contributed by atoms with E-state index in [1.54, 1.807) is 29.2 Å². The van der Waals surface area contributed by atoms with Gasteiger partial charge in [-0.3, -0.25) is 4.79 Å². The predicted molar refractivity (Wildman–Crippen MR) is 135 cm³/mol. The van der Waals surface area contributed by atoms with Crippen LogP contribution in [0.2, 0.25) is 0 Å². The number of amides is 1. The first-order valence-corrected chi connectivity index (χ1v) is 12.5. The molecule has 0 saturated carbocycles. The van der Waals surface area contributed by atoms with Gasteiger partial charge in [0.25, 0.3) is 11.9 Å². The number of aryl methyl sites for hydroxylation is 1.